The summed E-state index contributed by atoms with van der Waals surface area (Å²) >= 11 is 1.64. The molecule has 2 amide bonds. The third-order valence-corrected chi connectivity index (χ3v) is 3.63. The Hall–Kier alpha value is -1.69. The summed E-state index contributed by atoms with van der Waals surface area (Å²) in [7, 11) is 1.65. The summed E-state index contributed by atoms with van der Waals surface area (Å²) in [5.41, 5.74) is 1.01. The Bertz CT molecular complexity index is 479. The van der Waals surface area contributed by atoms with E-state index in [4.69, 9.17) is 5.11 Å². The van der Waals surface area contributed by atoms with Crippen LogP contribution in [0.1, 0.15) is 18.9 Å². The number of hydrogen-bond donors (Lipinski definition) is 2. The molecule has 20 heavy (non-hydrogen) atoms. The number of rotatable bonds is 6. The van der Waals surface area contributed by atoms with Crippen molar-refractivity contribution in [3.05, 3.63) is 29.8 Å². The van der Waals surface area contributed by atoms with Crippen molar-refractivity contribution < 1.29 is 14.7 Å². The number of urea groups is 1. The number of amides is 2. The highest BCUT2D eigenvalue weighted by molar-refractivity contribution is 7.98. The summed E-state index contributed by atoms with van der Waals surface area (Å²) in [6.45, 7) is 2.16. The molecule has 0 aliphatic rings. The first-order valence-electron chi connectivity index (χ1n) is 6.35. The lowest BCUT2D eigenvalue weighted by Gasteiger charge is -2.21. The molecule has 1 atom stereocenters. The number of carboxylic acid groups (broad SMARTS) is 1. The number of hydrogen-bond acceptors (Lipinski definition) is 3. The highest BCUT2D eigenvalue weighted by atomic mass is 32.2. The van der Waals surface area contributed by atoms with Gasteiger partial charge in [0.2, 0.25) is 0 Å². The molecule has 0 heterocycles. The molecule has 1 aromatic carbocycles. The van der Waals surface area contributed by atoms with Crippen LogP contribution in [0.25, 0.3) is 0 Å². The third kappa shape index (κ3) is 4.77. The minimum atomic E-state index is -1.02. The summed E-state index contributed by atoms with van der Waals surface area (Å²) < 4.78 is 0. The normalized spacial score (nSPS) is 11.8. The molecule has 0 saturated heterocycles. The Labute approximate surface area is 123 Å². The molecule has 0 aliphatic carbocycles. The topological polar surface area (TPSA) is 69.6 Å². The monoisotopic (exact) mass is 296 g/mol. The Balaban J connectivity index is 2.63. The number of carbonyl (C=O) groups excluding carboxylic acids is 1. The highest BCUT2D eigenvalue weighted by Crippen LogP contribution is 2.16. The molecule has 0 aliphatic heterocycles. The molecule has 1 rings (SSSR count). The van der Waals surface area contributed by atoms with Gasteiger partial charge in [0.15, 0.2) is 0 Å². The number of aliphatic carboxylic acids is 1. The van der Waals surface area contributed by atoms with Crippen molar-refractivity contribution in [3.8, 4) is 0 Å². The Morgan fingerprint density at radius 2 is 2.15 bits per heavy atom. The number of carboxylic acids is 1. The molecule has 1 unspecified atom stereocenters. The number of benzene rings is 1. The van der Waals surface area contributed by atoms with E-state index in [0.717, 1.165) is 10.5 Å². The smallest absolute Gasteiger partial charge is 0.326 e. The maximum Gasteiger partial charge on any atom is 0.326 e. The van der Waals surface area contributed by atoms with Crippen molar-refractivity contribution in [2.45, 2.75) is 30.8 Å². The van der Waals surface area contributed by atoms with Gasteiger partial charge in [0, 0.05) is 18.5 Å². The van der Waals surface area contributed by atoms with Gasteiger partial charge in [-0.15, -0.1) is 11.8 Å². The van der Waals surface area contributed by atoms with Gasteiger partial charge in [0.1, 0.15) is 6.04 Å². The fourth-order valence-corrected chi connectivity index (χ4v) is 2.20. The highest BCUT2D eigenvalue weighted by Gasteiger charge is 2.19. The maximum absolute atomic E-state index is 11.9. The van der Waals surface area contributed by atoms with Crippen LogP contribution in [0.4, 0.5) is 4.79 Å². The Morgan fingerprint density at radius 1 is 1.45 bits per heavy atom. The first-order chi connectivity index (χ1) is 9.47. The van der Waals surface area contributed by atoms with E-state index in [9.17, 15) is 9.59 Å². The van der Waals surface area contributed by atoms with Crippen LogP contribution >= 0.6 is 11.8 Å². The largest absolute Gasteiger partial charge is 0.480 e. The summed E-state index contributed by atoms with van der Waals surface area (Å²) in [4.78, 5) is 25.4. The van der Waals surface area contributed by atoms with Crippen molar-refractivity contribution in [3.63, 3.8) is 0 Å². The molecule has 0 aromatic heterocycles. The van der Waals surface area contributed by atoms with E-state index >= 15 is 0 Å². The van der Waals surface area contributed by atoms with Crippen LogP contribution in [0.2, 0.25) is 0 Å². The standard InChI is InChI=1S/C14H20N2O3S/c1-4-12(13(17)18)15-14(19)16(2)9-10-6-5-7-11(8-10)20-3/h5-8,12H,4,9H2,1-3H3,(H,15,19)(H,17,18). The number of nitrogens with one attached hydrogen (secondary N) is 1. The number of nitrogens with zero attached hydrogens (tertiary/aromatic N) is 1. The average Bonchev–Trinajstić information content (AvgIpc) is 2.44. The second kappa shape index (κ2) is 7.79. The van der Waals surface area contributed by atoms with E-state index in [1.165, 1.54) is 4.90 Å². The molecule has 2 N–H and O–H groups in total. The van der Waals surface area contributed by atoms with Gasteiger partial charge in [-0.25, -0.2) is 9.59 Å². The minimum absolute atomic E-state index is 0.358. The predicted octanol–water partition coefficient (Wildman–Crippen LogP) is 2.41. The lowest BCUT2D eigenvalue weighted by Crippen LogP contribution is -2.46. The second-order valence-electron chi connectivity index (χ2n) is 4.46. The fraction of sp³-hybridized carbons (Fsp3) is 0.429. The lowest BCUT2D eigenvalue weighted by molar-refractivity contribution is -0.139. The first-order valence-corrected chi connectivity index (χ1v) is 7.57. The van der Waals surface area contributed by atoms with Crippen LogP contribution in [-0.2, 0) is 11.3 Å². The zero-order chi connectivity index (χ0) is 15.1. The van der Waals surface area contributed by atoms with Crippen molar-refractivity contribution in [1.29, 1.82) is 0 Å². The molecule has 0 fully saturated rings. The van der Waals surface area contributed by atoms with Crippen LogP contribution in [0, 0.1) is 0 Å². The SMILES string of the molecule is CCC(NC(=O)N(C)Cc1cccc(SC)c1)C(=O)O. The Kier molecular flexibility index (Phi) is 6.38. The molecule has 110 valence electrons. The van der Waals surface area contributed by atoms with Gasteiger partial charge < -0.3 is 15.3 Å². The quantitative estimate of drug-likeness (QED) is 0.791. The Morgan fingerprint density at radius 3 is 2.70 bits per heavy atom. The van der Waals surface area contributed by atoms with Crippen LogP contribution in [0.15, 0.2) is 29.2 Å². The second-order valence-corrected chi connectivity index (χ2v) is 5.34. The molecule has 6 heteroatoms. The maximum atomic E-state index is 11.9. The third-order valence-electron chi connectivity index (χ3n) is 2.90. The van der Waals surface area contributed by atoms with Crippen LogP contribution in [0.5, 0.6) is 0 Å². The van der Waals surface area contributed by atoms with Crippen LogP contribution < -0.4 is 5.32 Å². The van der Waals surface area contributed by atoms with Crippen molar-refractivity contribution in [2.24, 2.45) is 0 Å². The molecule has 0 bridgehead atoms. The van der Waals surface area contributed by atoms with E-state index in [-0.39, 0.29) is 6.03 Å². The molecule has 1 aromatic rings. The molecule has 0 saturated carbocycles. The van der Waals surface area contributed by atoms with Gasteiger partial charge >= 0.3 is 12.0 Å². The van der Waals surface area contributed by atoms with Gasteiger partial charge in [-0.3, -0.25) is 0 Å². The van der Waals surface area contributed by atoms with Gasteiger partial charge in [-0.1, -0.05) is 19.1 Å². The van der Waals surface area contributed by atoms with E-state index < -0.39 is 12.0 Å². The van der Waals surface area contributed by atoms with Gasteiger partial charge in [0.25, 0.3) is 0 Å². The van der Waals surface area contributed by atoms with Crippen molar-refractivity contribution in [2.75, 3.05) is 13.3 Å². The first kappa shape index (κ1) is 16.4. The summed E-state index contributed by atoms with van der Waals surface area (Å²) in [6.07, 6.45) is 2.35. The fourth-order valence-electron chi connectivity index (χ4n) is 1.71. The lowest BCUT2D eigenvalue weighted by atomic mass is 10.2. The van der Waals surface area contributed by atoms with E-state index in [1.807, 2.05) is 30.5 Å². The van der Waals surface area contributed by atoms with E-state index in [1.54, 1.807) is 25.7 Å². The van der Waals surface area contributed by atoms with E-state index in [0.29, 0.717) is 13.0 Å². The average molecular weight is 296 g/mol. The zero-order valence-electron chi connectivity index (χ0n) is 11.9. The molecule has 5 nitrogen and oxygen atoms in total. The molecule has 0 spiro atoms. The van der Waals surface area contributed by atoms with Crippen molar-refractivity contribution >= 4 is 23.8 Å². The predicted molar refractivity (Wildman–Crippen MR) is 79.9 cm³/mol. The van der Waals surface area contributed by atoms with Crippen LogP contribution in [-0.4, -0.2) is 41.4 Å². The van der Waals surface area contributed by atoms with Gasteiger partial charge in [-0.2, -0.15) is 0 Å². The molecular formula is C14H20N2O3S. The summed E-state index contributed by atoms with van der Waals surface area (Å²) in [5, 5.41) is 11.4. The van der Waals surface area contributed by atoms with E-state index in [2.05, 4.69) is 5.32 Å². The van der Waals surface area contributed by atoms with Gasteiger partial charge in [-0.05, 0) is 30.4 Å². The van der Waals surface area contributed by atoms with Crippen molar-refractivity contribution in [1.82, 2.24) is 10.2 Å². The summed E-state index contributed by atoms with van der Waals surface area (Å²) in [6, 6.07) is 6.68. The number of thioether (sulfide) groups is 1. The molecular weight excluding hydrogens is 276 g/mol. The summed E-state index contributed by atoms with van der Waals surface area (Å²) in [5.74, 6) is -1.02. The zero-order valence-corrected chi connectivity index (χ0v) is 12.7. The number of carbonyl (C=O) groups is 2. The van der Waals surface area contributed by atoms with Gasteiger partial charge in [0.05, 0.1) is 0 Å². The minimum Gasteiger partial charge on any atom is -0.480 e. The van der Waals surface area contributed by atoms with Crippen LogP contribution in [0.3, 0.4) is 0 Å². The molecule has 0 radical (unpaired) electrons.